The molecule has 2 aromatic rings. The Bertz CT molecular complexity index is 389. The van der Waals surface area contributed by atoms with Crippen molar-refractivity contribution in [2.24, 2.45) is 7.05 Å². The van der Waals surface area contributed by atoms with Crippen LogP contribution in [0.15, 0.2) is 24.5 Å². The van der Waals surface area contributed by atoms with Gasteiger partial charge in [-0.3, -0.25) is 0 Å². The second-order valence-electron chi connectivity index (χ2n) is 2.57. The van der Waals surface area contributed by atoms with Crippen LogP contribution >= 0.6 is 0 Å². The van der Waals surface area contributed by atoms with E-state index < -0.39 is 0 Å². The van der Waals surface area contributed by atoms with Crippen LogP contribution in [0.2, 0.25) is 0 Å². The van der Waals surface area contributed by atoms with Crippen LogP contribution in [0.4, 0.5) is 5.69 Å². The molecular formula is C8H9N3. The number of rotatable bonds is 0. The largest absolute Gasteiger partial charge is 0.397 e. The molecular weight excluding hydrogens is 138 g/mol. The van der Waals surface area contributed by atoms with Gasteiger partial charge in [-0.15, -0.1) is 0 Å². The molecule has 0 radical (unpaired) electrons. The Balaban J connectivity index is 2.96. The second-order valence-corrected chi connectivity index (χ2v) is 2.57. The van der Waals surface area contributed by atoms with Crippen LogP contribution in [-0.2, 0) is 7.05 Å². The van der Waals surface area contributed by atoms with E-state index in [-0.39, 0.29) is 0 Å². The smallest absolute Gasteiger partial charge is 0.0956 e. The minimum atomic E-state index is 0.780. The lowest BCUT2D eigenvalue weighted by molar-refractivity contribution is 0.949. The molecule has 1 heterocycles. The quantitative estimate of drug-likeness (QED) is 0.568. The maximum absolute atomic E-state index is 5.74. The lowest BCUT2D eigenvalue weighted by Gasteiger charge is -1.97. The first-order valence-corrected chi connectivity index (χ1v) is 3.44. The molecule has 0 saturated carbocycles. The summed E-state index contributed by atoms with van der Waals surface area (Å²) in [6.07, 6.45) is 1.76. The van der Waals surface area contributed by atoms with Crippen LogP contribution in [0.3, 0.4) is 0 Å². The Morgan fingerprint density at radius 3 is 3.00 bits per heavy atom. The molecule has 0 saturated heterocycles. The summed E-state index contributed by atoms with van der Waals surface area (Å²) in [7, 11) is 1.94. The molecule has 0 atom stereocenters. The molecule has 0 aliphatic rings. The van der Waals surface area contributed by atoms with Gasteiger partial charge in [-0.05, 0) is 12.1 Å². The number of nitrogen functional groups attached to an aromatic ring is 1. The second kappa shape index (κ2) is 1.99. The number of nitrogens with zero attached hydrogens (tertiary/aromatic N) is 2. The fourth-order valence-electron chi connectivity index (χ4n) is 1.24. The Morgan fingerprint density at radius 1 is 1.45 bits per heavy atom. The zero-order valence-electron chi connectivity index (χ0n) is 6.28. The van der Waals surface area contributed by atoms with E-state index in [1.54, 1.807) is 6.33 Å². The first kappa shape index (κ1) is 6.22. The molecule has 1 aromatic carbocycles. The Labute approximate surface area is 64.5 Å². The van der Waals surface area contributed by atoms with E-state index in [0.717, 1.165) is 16.7 Å². The maximum Gasteiger partial charge on any atom is 0.0956 e. The number of anilines is 1. The van der Waals surface area contributed by atoms with Crippen molar-refractivity contribution in [2.75, 3.05) is 5.73 Å². The summed E-state index contributed by atoms with van der Waals surface area (Å²) in [5.74, 6) is 0. The Kier molecular flexibility index (Phi) is 1.12. The number of hydrogen-bond acceptors (Lipinski definition) is 2. The molecule has 3 heteroatoms. The summed E-state index contributed by atoms with van der Waals surface area (Å²) in [4.78, 5) is 4.16. The lowest BCUT2D eigenvalue weighted by atomic mass is 10.3. The molecule has 0 unspecified atom stereocenters. The van der Waals surface area contributed by atoms with Gasteiger partial charge in [0.25, 0.3) is 0 Å². The number of para-hydroxylation sites is 1. The summed E-state index contributed by atoms with van der Waals surface area (Å²) in [6.45, 7) is 0. The Hall–Kier alpha value is -1.51. The highest BCUT2D eigenvalue weighted by Crippen LogP contribution is 2.17. The average Bonchev–Trinajstić information content (AvgIpc) is 2.34. The fraction of sp³-hybridized carbons (Fsp3) is 0.125. The summed E-state index contributed by atoms with van der Waals surface area (Å²) in [5.41, 5.74) is 8.48. The molecule has 3 nitrogen and oxygen atoms in total. The summed E-state index contributed by atoms with van der Waals surface area (Å²) in [6, 6.07) is 5.74. The normalized spacial score (nSPS) is 10.6. The van der Waals surface area contributed by atoms with E-state index in [9.17, 15) is 0 Å². The molecule has 0 amide bonds. The zero-order chi connectivity index (χ0) is 7.84. The van der Waals surface area contributed by atoms with Crippen LogP contribution in [0, 0.1) is 0 Å². The molecule has 0 fully saturated rings. The fourth-order valence-corrected chi connectivity index (χ4v) is 1.24. The predicted molar refractivity (Wildman–Crippen MR) is 45.1 cm³/mol. The highest BCUT2D eigenvalue weighted by molar-refractivity contribution is 5.87. The van der Waals surface area contributed by atoms with Crippen LogP contribution in [0.5, 0.6) is 0 Å². The first-order chi connectivity index (χ1) is 5.29. The Morgan fingerprint density at radius 2 is 2.27 bits per heavy atom. The topological polar surface area (TPSA) is 43.8 Å². The van der Waals surface area contributed by atoms with Gasteiger partial charge in [-0.25, -0.2) is 4.98 Å². The molecule has 2 rings (SSSR count). The number of nitrogens with two attached hydrogens (primary N) is 1. The van der Waals surface area contributed by atoms with E-state index in [1.807, 2.05) is 29.8 Å². The van der Waals surface area contributed by atoms with Gasteiger partial charge in [0.05, 0.1) is 23.0 Å². The number of aryl methyl sites for hydroxylation is 1. The summed E-state index contributed by atoms with van der Waals surface area (Å²) in [5, 5.41) is 0. The third-order valence-corrected chi connectivity index (χ3v) is 1.77. The monoisotopic (exact) mass is 147 g/mol. The number of aromatic nitrogens is 2. The lowest BCUT2D eigenvalue weighted by Crippen LogP contribution is -1.91. The van der Waals surface area contributed by atoms with Gasteiger partial charge in [0.2, 0.25) is 0 Å². The van der Waals surface area contributed by atoms with Crippen LogP contribution in [0.1, 0.15) is 0 Å². The predicted octanol–water partition coefficient (Wildman–Crippen LogP) is 1.16. The highest BCUT2D eigenvalue weighted by atomic mass is 15.0. The number of hydrogen-bond donors (Lipinski definition) is 1. The van der Waals surface area contributed by atoms with Crippen LogP contribution in [0.25, 0.3) is 11.0 Å². The maximum atomic E-state index is 5.74. The number of imidazole rings is 1. The third-order valence-electron chi connectivity index (χ3n) is 1.77. The van der Waals surface area contributed by atoms with E-state index in [0.29, 0.717) is 0 Å². The third kappa shape index (κ3) is 0.774. The average molecular weight is 147 g/mol. The molecule has 0 bridgehead atoms. The van der Waals surface area contributed by atoms with Crippen LogP contribution < -0.4 is 5.73 Å². The summed E-state index contributed by atoms with van der Waals surface area (Å²) >= 11 is 0. The molecule has 56 valence electrons. The molecule has 2 N–H and O–H groups in total. The van der Waals surface area contributed by atoms with Crippen molar-refractivity contribution >= 4 is 16.7 Å². The van der Waals surface area contributed by atoms with E-state index in [2.05, 4.69) is 4.98 Å². The molecule has 0 spiro atoms. The van der Waals surface area contributed by atoms with Crippen molar-refractivity contribution in [1.82, 2.24) is 9.55 Å². The van der Waals surface area contributed by atoms with Gasteiger partial charge in [-0.1, -0.05) is 6.07 Å². The standard InChI is InChI=1S/C8H9N3/c1-11-5-10-7-4-2-3-6(9)8(7)11/h2-5H,9H2,1H3. The van der Waals surface area contributed by atoms with Gasteiger partial charge in [-0.2, -0.15) is 0 Å². The van der Waals surface area contributed by atoms with Gasteiger partial charge in [0.1, 0.15) is 0 Å². The van der Waals surface area contributed by atoms with Crippen molar-refractivity contribution < 1.29 is 0 Å². The highest BCUT2D eigenvalue weighted by Gasteiger charge is 2.00. The first-order valence-electron chi connectivity index (χ1n) is 3.44. The minimum Gasteiger partial charge on any atom is -0.397 e. The van der Waals surface area contributed by atoms with E-state index in [1.165, 1.54) is 0 Å². The summed E-state index contributed by atoms with van der Waals surface area (Å²) < 4.78 is 1.92. The number of benzene rings is 1. The van der Waals surface area contributed by atoms with Gasteiger partial charge >= 0.3 is 0 Å². The molecule has 1 aromatic heterocycles. The van der Waals surface area contributed by atoms with Crippen molar-refractivity contribution in [2.45, 2.75) is 0 Å². The van der Waals surface area contributed by atoms with Gasteiger partial charge in [0, 0.05) is 7.05 Å². The van der Waals surface area contributed by atoms with Crippen molar-refractivity contribution in [3.05, 3.63) is 24.5 Å². The minimum absolute atomic E-state index is 0.780. The zero-order valence-corrected chi connectivity index (χ0v) is 6.28. The van der Waals surface area contributed by atoms with E-state index >= 15 is 0 Å². The van der Waals surface area contributed by atoms with Gasteiger partial charge < -0.3 is 10.3 Å². The van der Waals surface area contributed by atoms with Crippen LogP contribution in [-0.4, -0.2) is 9.55 Å². The van der Waals surface area contributed by atoms with Crippen molar-refractivity contribution in [3.63, 3.8) is 0 Å². The van der Waals surface area contributed by atoms with Gasteiger partial charge in [0.15, 0.2) is 0 Å². The van der Waals surface area contributed by atoms with Crippen molar-refractivity contribution in [1.29, 1.82) is 0 Å². The van der Waals surface area contributed by atoms with E-state index in [4.69, 9.17) is 5.73 Å². The molecule has 0 aliphatic carbocycles. The molecule has 0 aliphatic heterocycles. The SMILES string of the molecule is Cn1cnc2cccc(N)c21. The van der Waals surface area contributed by atoms with Crippen molar-refractivity contribution in [3.8, 4) is 0 Å². The number of fused-ring (bicyclic) bond motifs is 1. The molecule has 11 heavy (non-hydrogen) atoms.